The van der Waals surface area contributed by atoms with Crippen molar-refractivity contribution in [3.05, 3.63) is 24.0 Å². The van der Waals surface area contributed by atoms with Crippen molar-refractivity contribution in [3.8, 4) is 11.8 Å². The fourth-order valence-corrected chi connectivity index (χ4v) is 3.32. The Bertz CT molecular complexity index is 689. The lowest BCUT2D eigenvalue weighted by Gasteiger charge is -2.38. The second-order valence-corrected chi connectivity index (χ2v) is 7.40. The molecule has 0 atom stereocenters. The van der Waals surface area contributed by atoms with E-state index in [2.05, 4.69) is 20.5 Å². The van der Waals surface area contributed by atoms with E-state index in [-0.39, 0.29) is 18.3 Å². The summed E-state index contributed by atoms with van der Waals surface area (Å²) < 4.78 is 37.6. The molecule has 1 aromatic heterocycles. The van der Waals surface area contributed by atoms with Gasteiger partial charge in [0.1, 0.15) is 5.69 Å². The van der Waals surface area contributed by atoms with Crippen molar-refractivity contribution in [1.82, 2.24) is 4.98 Å². The number of hydrogen-bond acceptors (Lipinski definition) is 5. The molecule has 1 N–H and O–H groups in total. The van der Waals surface area contributed by atoms with E-state index in [4.69, 9.17) is 4.74 Å². The van der Waals surface area contributed by atoms with Crippen molar-refractivity contribution in [2.24, 2.45) is 0 Å². The van der Waals surface area contributed by atoms with Gasteiger partial charge in [0.05, 0.1) is 24.4 Å². The van der Waals surface area contributed by atoms with E-state index in [0.717, 1.165) is 44.5 Å². The number of aliphatic hydroxyl groups is 1. The van der Waals surface area contributed by atoms with Gasteiger partial charge in [0.25, 0.3) is 0 Å². The quantitative estimate of drug-likeness (QED) is 0.744. The molecule has 0 unspecified atom stereocenters. The van der Waals surface area contributed by atoms with Crippen LogP contribution in [0, 0.1) is 11.8 Å². The number of hydrogen-bond donors (Lipinski definition) is 1. The van der Waals surface area contributed by atoms with E-state index in [9.17, 15) is 13.9 Å². The van der Waals surface area contributed by atoms with Gasteiger partial charge in [-0.05, 0) is 57.6 Å². The maximum atomic E-state index is 13.6. The lowest BCUT2D eigenvalue weighted by Crippen LogP contribution is -2.42. The number of pyridine rings is 1. The highest BCUT2D eigenvalue weighted by Gasteiger charge is 2.32. The number of aromatic nitrogens is 1. The summed E-state index contributed by atoms with van der Waals surface area (Å²) in [5.74, 6) is 4.27. The molecule has 0 radical (unpaired) electrons. The smallest absolute Gasteiger partial charge is 0.393 e. The van der Waals surface area contributed by atoms with Gasteiger partial charge >= 0.3 is 6.11 Å². The van der Waals surface area contributed by atoms with E-state index in [1.807, 2.05) is 25.8 Å². The molecule has 2 aliphatic rings. The topological polar surface area (TPSA) is 54.8 Å². The highest BCUT2D eigenvalue weighted by atomic mass is 19.3. The zero-order chi connectivity index (χ0) is 21.4. The number of aliphatic hydroxyl groups excluding tert-OH is 1. The van der Waals surface area contributed by atoms with Crippen LogP contribution in [0.4, 0.5) is 14.5 Å². The number of alkyl halides is 2. The largest absolute Gasteiger partial charge is 0.423 e. The van der Waals surface area contributed by atoms with Crippen molar-refractivity contribution in [1.29, 1.82) is 0 Å². The van der Waals surface area contributed by atoms with E-state index < -0.39 is 12.2 Å². The van der Waals surface area contributed by atoms with Gasteiger partial charge in [-0.1, -0.05) is 13.8 Å². The number of nitrogens with zero attached hydrogens (tertiary/aromatic N) is 2. The van der Waals surface area contributed by atoms with Gasteiger partial charge in [-0.25, -0.2) is 4.98 Å². The molecule has 1 aliphatic carbocycles. The van der Waals surface area contributed by atoms with Crippen LogP contribution in [0.25, 0.3) is 0 Å². The Labute approximate surface area is 172 Å². The number of ether oxygens (including phenoxy) is 2. The van der Waals surface area contributed by atoms with Gasteiger partial charge in [-0.15, -0.1) is 0 Å². The molecule has 5 nitrogen and oxygen atoms in total. The second kappa shape index (κ2) is 10.9. The van der Waals surface area contributed by atoms with E-state index in [1.54, 1.807) is 12.3 Å². The Hall–Kier alpha value is -1.75. The molecule has 1 saturated carbocycles. The molecule has 7 heteroatoms. The third-order valence-electron chi connectivity index (χ3n) is 4.73. The summed E-state index contributed by atoms with van der Waals surface area (Å²) in [4.78, 5) is 6.24. The van der Waals surface area contributed by atoms with Crippen LogP contribution in [-0.4, -0.2) is 53.7 Å². The molecule has 0 spiro atoms. The Kier molecular flexibility index (Phi) is 8.81. The van der Waals surface area contributed by atoms with Crippen molar-refractivity contribution in [2.75, 3.05) is 18.0 Å². The number of anilines is 1. The molecular formula is C22H32F2N2O3. The lowest BCUT2D eigenvalue weighted by atomic mass is 9.91. The first kappa shape index (κ1) is 23.5. The summed E-state index contributed by atoms with van der Waals surface area (Å²) in [6.45, 7) is 8.72. The first-order valence-corrected chi connectivity index (χ1v) is 10.4. The molecule has 1 saturated heterocycles. The van der Waals surface area contributed by atoms with E-state index >= 15 is 0 Å². The molecule has 0 amide bonds. The Balaban J connectivity index is 0.00000145. The normalized spacial score (nSPS) is 22.3. The summed E-state index contributed by atoms with van der Waals surface area (Å²) in [5, 5.41) is 9.34. The zero-order valence-electron chi connectivity index (χ0n) is 17.7. The van der Waals surface area contributed by atoms with Crippen LogP contribution >= 0.6 is 0 Å². The molecule has 3 rings (SSSR count). The van der Waals surface area contributed by atoms with E-state index in [1.165, 1.54) is 13.8 Å². The average molecular weight is 411 g/mol. The number of halogens is 2. The molecule has 0 bridgehead atoms. The van der Waals surface area contributed by atoms with Gasteiger partial charge in [-0.3, -0.25) is 0 Å². The van der Waals surface area contributed by atoms with Gasteiger partial charge in [0.2, 0.25) is 0 Å². The number of piperidine rings is 1. The second-order valence-electron chi connectivity index (χ2n) is 7.40. The minimum atomic E-state index is -3.49. The first-order valence-electron chi connectivity index (χ1n) is 10.4. The van der Waals surface area contributed by atoms with Crippen LogP contribution in [0.3, 0.4) is 0 Å². The van der Waals surface area contributed by atoms with Crippen LogP contribution < -0.4 is 4.90 Å². The maximum absolute atomic E-state index is 13.6. The van der Waals surface area contributed by atoms with Gasteiger partial charge < -0.3 is 19.5 Å². The van der Waals surface area contributed by atoms with Crippen molar-refractivity contribution >= 4 is 5.69 Å². The highest BCUT2D eigenvalue weighted by molar-refractivity contribution is 5.50. The lowest BCUT2D eigenvalue weighted by molar-refractivity contribution is -0.212. The Morgan fingerprint density at radius 3 is 2.45 bits per heavy atom. The SMILES string of the molecule is CC.CC(C)OC(F)(F)C#Cc1cc(N2CCC(OC3CC(O)C3)CC2)ccn1. The monoisotopic (exact) mass is 410 g/mol. The molecule has 2 fully saturated rings. The zero-order valence-corrected chi connectivity index (χ0v) is 17.7. The summed E-state index contributed by atoms with van der Waals surface area (Å²) >= 11 is 0. The summed E-state index contributed by atoms with van der Waals surface area (Å²) in [6.07, 6.45) is 0.948. The van der Waals surface area contributed by atoms with E-state index in [0.29, 0.717) is 5.69 Å². The number of rotatable bonds is 5. The van der Waals surface area contributed by atoms with Crippen LogP contribution in [-0.2, 0) is 9.47 Å². The van der Waals surface area contributed by atoms with Gasteiger partial charge in [-0.2, -0.15) is 8.78 Å². The fraction of sp³-hybridized carbons (Fsp3) is 0.682. The predicted octanol–water partition coefficient (Wildman–Crippen LogP) is 3.99. The Morgan fingerprint density at radius 1 is 1.21 bits per heavy atom. The standard InChI is InChI=1S/C20H26F2N2O3.C2H6/c1-14(2)27-20(21,22)7-3-15-11-16(4-8-23-15)24-9-5-18(6-10-24)26-19-12-17(25)13-19;1-2/h4,8,11,14,17-19,25H,5-6,9-10,12-13H2,1-2H3;1-2H3. The molecule has 0 aromatic carbocycles. The molecular weight excluding hydrogens is 378 g/mol. The average Bonchev–Trinajstić information content (AvgIpc) is 2.67. The third kappa shape index (κ3) is 7.54. The molecule has 1 aliphatic heterocycles. The predicted molar refractivity (Wildman–Crippen MR) is 109 cm³/mol. The molecule has 2 heterocycles. The van der Waals surface area contributed by atoms with Crippen LogP contribution in [0.5, 0.6) is 0 Å². The van der Waals surface area contributed by atoms with Crippen molar-refractivity contribution < 1.29 is 23.4 Å². The van der Waals surface area contributed by atoms with Crippen molar-refractivity contribution in [3.63, 3.8) is 0 Å². The van der Waals surface area contributed by atoms with Crippen molar-refractivity contribution in [2.45, 2.75) is 83.9 Å². The minimum Gasteiger partial charge on any atom is -0.393 e. The van der Waals surface area contributed by atoms with Crippen LogP contribution in [0.1, 0.15) is 59.1 Å². The minimum absolute atomic E-state index is 0.189. The summed E-state index contributed by atoms with van der Waals surface area (Å²) in [7, 11) is 0. The maximum Gasteiger partial charge on any atom is 0.423 e. The van der Waals surface area contributed by atoms with Gasteiger partial charge in [0.15, 0.2) is 0 Å². The first-order chi connectivity index (χ1) is 13.8. The van der Waals surface area contributed by atoms with Gasteiger partial charge in [0, 0.05) is 30.9 Å². The van der Waals surface area contributed by atoms with Crippen LogP contribution in [0.15, 0.2) is 18.3 Å². The fourth-order valence-electron chi connectivity index (χ4n) is 3.32. The summed E-state index contributed by atoms with van der Waals surface area (Å²) in [6, 6.07) is 3.58. The molecule has 29 heavy (non-hydrogen) atoms. The van der Waals surface area contributed by atoms with Crippen LogP contribution in [0.2, 0.25) is 0 Å². The summed E-state index contributed by atoms with van der Waals surface area (Å²) in [5.41, 5.74) is 1.21. The Morgan fingerprint density at radius 2 is 1.86 bits per heavy atom. The molecule has 162 valence electrons. The molecule has 1 aromatic rings. The highest BCUT2D eigenvalue weighted by Crippen LogP contribution is 2.28. The third-order valence-corrected chi connectivity index (χ3v) is 4.73.